The Hall–Kier alpha value is -2.88. The summed E-state index contributed by atoms with van der Waals surface area (Å²) in [6.07, 6.45) is 1.97. The molecule has 1 fully saturated rings. The summed E-state index contributed by atoms with van der Waals surface area (Å²) in [5.41, 5.74) is 0.195. The Bertz CT molecular complexity index is 958. The van der Waals surface area contributed by atoms with Gasteiger partial charge in [0.25, 0.3) is 0 Å². The van der Waals surface area contributed by atoms with Crippen LogP contribution < -0.4 is 9.64 Å². The zero-order valence-corrected chi connectivity index (χ0v) is 24.2. The van der Waals surface area contributed by atoms with Gasteiger partial charge < -0.3 is 24.2 Å². The van der Waals surface area contributed by atoms with E-state index in [9.17, 15) is 19.5 Å². The molecule has 1 aliphatic rings. The van der Waals surface area contributed by atoms with Gasteiger partial charge in [0.2, 0.25) is 5.91 Å². The summed E-state index contributed by atoms with van der Waals surface area (Å²) < 4.78 is 16.7. The Kier molecular flexibility index (Phi) is 11.4. The average Bonchev–Trinajstić information content (AvgIpc) is 2.83. The predicted molar refractivity (Wildman–Crippen MR) is 145 cm³/mol. The number of hydrogen-bond donors (Lipinski definition) is 1. The minimum atomic E-state index is -1.04. The van der Waals surface area contributed by atoms with Crippen molar-refractivity contribution < 1.29 is 33.7 Å². The van der Waals surface area contributed by atoms with E-state index >= 15 is 0 Å². The van der Waals surface area contributed by atoms with E-state index in [-0.39, 0.29) is 37.3 Å². The molecule has 0 spiro atoms. The summed E-state index contributed by atoms with van der Waals surface area (Å²) in [6.45, 7) is 14.8. The smallest absolute Gasteiger partial charge is 0.410 e. The molecular formula is C28H45N3O7. The molecule has 2 heterocycles. The van der Waals surface area contributed by atoms with Crippen molar-refractivity contribution in [1.29, 1.82) is 0 Å². The summed E-state index contributed by atoms with van der Waals surface area (Å²) in [4.78, 5) is 46.2. The molecular weight excluding hydrogens is 490 g/mol. The molecule has 0 saturated carbocycles. The van der Waals surface area contributed by atoms with Crippen LogP contribution in [0.3, 0.4) is 0 Å². The molecule has 0 aliphatic carbocycles. The zero-order valence-electron chi connectivity index (χ0n) is 24.2. The van der Waals surface area contributed by atoms with E-state index in [4.69, 9.17) is 14.2 Å². The average molecular weight is 536 g/mol. The quantitative estimate of drug-likeness (QED) is 0.410. The van der Waals surface area contributed by atoms with Crippen molar-refractivity contribution in [3.8, 4) is 5.75 Å². The number of hydrogen-bond acceptors (Lipinski definition) is 7. The molecule has 1 aromatic heterocycles. The first-order valence-electron chi connectivity index (χ1n) is 13.4. The maximum absolute atomic E-state index is 13.9. The van der Waals surface area contributed by atoms with Crippen LogP contribution in [-0.2, 0) is 19.1 Å². The Morgan fingerprint density at radius 1 is 1.13 bits per heavy atom. The van der Waals surface area contributed by atoms with Gasteiger partial charge in [-0.15, -0.1) is 0 Å². The van der Waals surface area contributed by atoms with Crippen LogP contribution in [0.5, 0.6) is 5.75 Å². The Balaban J connectivity index is 2.39. The van der Waals surface area contributed by atoms with E-state index < -0.39 is 29.5 Å². The molecule has 0 bridgehead atoms. The van der Waals surface area contributed by atoms with Gasteiger partial charge in [-0.3, -0.25) is 14.5 Å². The van der Waals surface area contributed by atoms with Crippen LogP contribution in [0.1, 0.15) is 72.8 Å². The lowest BCUT2D eigenvalue weighted by Gasteiger charge is -2.38. The van der Waals surface area contributed by atoms with E-state index in [1.807, 2.05) is 13.8 Å². The van der Waals surface area contributed by atoms with Crippen molar-refractivity contribution >= 4 is 23.8 Å². The first-order valence-corrected chi connectivity index (χ1v) is 13.4. The van der Waals surface area contributed by atoms with Crippen LogP contribution in [0.15, 0.2) is 12.3 Å². The standard InChI is InChI=1S/C28H45N3O7/c1-18(2)15-31(24-13-23(37-11-9-10-36-8)22(14-29-24)19(3)4)25(32)20-12-21(26(33)34)17-30(16-20)27(35)38-28(5,6)7/h13-14,18-21H,9-12,15-17H2,1-8H3,(H,33,34)/t20-,21+/m1/s1. The summed E-state index contributed by atoms with van der Waals surface area (Å²) in [6, 6.07) is 1.78. The van der Waals surface area contributed by atoms with Crippen LogP contribution in [0, 0.1) is 17.8 Å². The van der Waals surface area contributed by atoms with Crippen LogP contribution in [0.2, 0.25) is 0 Å². The number of ether oxygens (including phenoxy) is 3. The van der Waals surface area contributed by atoms with Gasteiger partial charge in [0.05, 0.1) is 18.4 Å². The first-order chi connectivity index (χ1) is 17.7. The predicted octanol–water partition coefficient (Wildman–Crippen LogP) is 4.57. The molecule has 214 valence electrons. The van der Waals surface area contributed by atoms with Crippen molar-refractivity contribution in [2.24, 2.45) is 17.8 Å². The number of piperidine rings is 1. The molecule has 0 radical (unpaired) electrons. The number of methoxy groups -OCH3 is 1. The van der Waals surface area contributed by atoms with Gasteiger partial charge in [-0.2, -0.15) is 0 Å². The van der Waals surface area contributed by atoms with Crippen molar-refractivity contribution in [3.05, 3.63) is 17.8 Å². The molecule has 1 aromatic rings. The second-order valence-corrected chi connectivity index (χ2v) is 11.6. The highest BCUT2D eigenvalue weighted by atomic mass is 16.6. The number of likely N-dealkylation sites (tertiary alicyclic amines) is 1. The topological polar surface area (TPSA) is 118 Å². The molecule has 1 saturated heterocycles. The molecule has 2 amide bonds. The van der Waals surface area contributed by atoms with Crippen LogP contribution in [-0.4, -0.2) is 78.5 Å². The van der Waals surface area contributed by atoms with Gasteiger partial charge >= 0.3 is 12.1 Å². The number of rotatable bonds is 11. The zero-order chi connectivity index (χ0) is 28.6. The highest BCUT2D eigenvalue weighted by Crippen LogP contribution is 2.32. The molecule has 10 heteroatoms. The van der Waals surface area contributed by atoms with Gasteiger partial charge in [-0.1, -0.05) is 27.7 Å². The van der Waals surface area contributed by atoms with E-state index in [2.05, 4.69) is 18.8 Å². The lowest BCUT2D eigenvalue weighted by molar-refractivity contribution is -0.144. The van der Waals surface area contributed by atoms with Crippen molar-refractivity contribution in [2.45, 2.75) is 72.8 Å². The number of carboxylic acid groups (broad SMARTS) is 1. The molecule has 0 aromatic carbocycles. The summed E-state index contributed by atoms with van der Waals surface area (Å²) in [7, 11) is 1.64. The van der Waals surface area contributed by atoms with Gasteiger partial charge in [0, 0.05) is 57.6 Å². The number of aliphatic carboxylic acids is 1. The number of nitrogens with zero attached hydrogens (tertiary/aromatic N) is 3. The molecule has 1 aliphatic heterocycles. The highest BCUT2D eigenvalue weighted by molar-refractivity contribution is 5.95. The highest BCUT2D eigenvalue weighted by Gasteiger charge is 2.40. The molecule has 2 atom stereocenters. The summed E-state index contributed by atoms with van der Waals surface area (Å²) in [5, 5.41) is 9.77. The van der Waals surface area contributed by atoms with Gasteiger partial charge in [0.15, 0.2) is 0 Å². The van der Waals surface area contributed by atoms with Crippen molar-refractivity contribution in [2.75, 3.05) is 44.9 Å². The molecule has 10 nitrogen and oxygen atoms in total. The fourth-order valence-electron chi connectivity index (χ4n) is 4.34. The Labute approximate surface area is 226 Å². The third-order valence-corrected chi connectivity index (χ3v) is 6.14. The van der Waals surface area contributed by atoms with Crippen molar-refractivity contribution in [3.63, 3.8) is 0 Å². The van der Waals surface area contributed by atoms with E-state index in [0.29, 0.717) is 31.3 Å². The second-order valence-electron chi connectivity index (χ2n) is 11.6. The number of pyridine rings is 1. The largest absolute Gasteiger partial charge is 0.493 e. The monoisotopic (exact) mass is 535 g/mol. The van der Waals surface area contributed by atoms with E-state index in [0.717, 1.165) is 12.0 Å². The number of carbonyl (C=O) groups is 3. The minimum Gasteiger partial charge on any atom is -0.493 e. The van der Waals surface area contributed by atoms with Gasteiger partial charge in [-0.25, -0.2) is 9.78 Å². The number of aromatic nitrogens is 1. The van der Waals surface area contributed by atoms with E-state index in [1.54, 1.807) is 45.0 Å². The Morgan fingerprint density at radius 3 is 2.34 bits per heavy atom. The number of carboxylic acids is 1. The fourth-order valence-corrected chi connectivity index (χ4v) is 4.34. The minimum absolute atomic E-state index is 0.000987. The third-order valence-electron chi connectivity index (χ3n) is 6.14. The van der Waals surface area contributed by atoms with Gasteiger partial charge in [-0.05, 0) is 39.0 Å². The fraction of sp³-hybridized carbons (Fsp3) is 0.714. The van der Waals surface area contributed by atoms with Crippen LogP contribution in [0.4, 0.5) is 10.6 Å². The lowest BCUT2D eigenvalue weighted by Crippen LogP contribution is -2.52. The summed E-state index contributed by atoms with van der Waals surface area (Å²) >= 11 is 0. The maximum atomic E-state index is 13.9. The molecule has 0 unspecified atom stereocenters. The van der Waals surface area contributed by atoms with Crippen LogP contribution in [0.25, 0.3) is 0 Å². The summed E-state index contributed by atoms with van der Waals surface area (Å²) in [5.74, 6) is -1.51. The second kappa shape index (κ2) is 13.8. The van der Waals surface area contributed by atoms with Gasteiger partial charge in [0.1, 0.15) is 17.2 Å². The third kappa shape index (κ3) is 9.15. The normalized spacial score (nSPS) is 18.0. The number of amides is 2. The first kappa shape index (κ1) is 31.3. The lowest BCUT2D eigenvalue weighted by atomic mass is 9.88. The Morgan fingerprint density at radius 2 is 1.79 bits per heavy atom. The van der Waals surface area contributed by atoms with Crippen LogP contribution >= 0.6 is 0 Å². The number of anilines is 1. The van der Waals surface area contributed by atoms with Crippen molar-refractivity contribution in [1.82, 2.24) is 9.88 Å². The molecule has 2 rings (SSSR count). The van der Waals surface area contributed by atoms with E-state index in [1.165, 1.54) is 4.90 Å². The molecule has 38 heavy (non-hydrogen) atoms. The SMILES string of the molecule is COCCCOc1cc(N(CC(C)C)C(=O)[C@@H]2C[C@H](C(=O)O)CN(C(=O)OC(C)(C)C)C2)ncc1C(C)C. The maximum Gasteiger partial charge on any atom is 0.410 e. The number of carbonyl (C=O) groups excluding carboxylic acids is 2. The molecule has 1 N–H and O–H groups in total.